The number of alkyl halides is 3. The fraction of sp³-hybridized carbons (Fsp3) is 0.648. The molecule has 0 bridgehead atoms. The third-order valence-corrected chi connectivity index (χ3v) is 14.9. The average Bonchev–Trinajstić information content (AvgIpc) is 3.79. The number of aryl methyl sites for hydroxylation is 1. The molecule has 4 aliphatic rings. The molecular formula is C54H80BF3N4O4. The molecule has 2 radical (unpaired) electrons. The number of carbonyl (C=O) groups excluding carboxylic acids is 2. The van der Waals surface area contributed by atoms with Gasteiger partial charge in [0.05, 0.1) is 11.0 Å². The lowest BCUT2D eigenvalue weighted by Crippen LogP contribution is -2.58. The Hall–Kier alpha value is -4.31. The van der Waals surface area contributed by atoms with E-state index in [-0.39, 0.29) is 13.2 Å². The number of rotatable bonds is 8. The molecule has 0 aromatic carbocycles. The van der Waals surface area contributed by atoms with E-state index in [4.69, 9.17) is 17.4 Å². The van der Waals surface area contributed by atoms with E-state index in [1.54, 1.807) is 33.0 Å². The van der Waals surface area contributed by atoms with E-state index >= 15 is 0 Å². The van der Waals surface area contributed by atoms with E-state index in [2.05, 4.69) is 67.1 Å². The lowest BCUT2D eigenvalue weighted by Gasteiger charge is -2.66. The molecule has 7 unspecified atom stereocenters. The molecule has 4 aliphatic carbocycles. The molecular weight excluding hydrogens is 836 g/mol. The maximum Gasteiger partial charge on any atom is 0.417 e. The van der Waals surface area contributed by atoms with Gasteiger partial charge in [-0.2, -0.15) is 13.2 Å². The lowest BCUT2D eigenvalue weighted by molar-refractivity contribution is -0.149. The van der Waals surface area contributed by atoms with Gasteiger partial charge in [-0.05, 0) is 124 Å². The summed E-state index contributed by atoms with van der Waals surface area (Å²) in [5.74, 6) is 4.18. The van der Waals surface area contributed by atoms with Gasteiger partial charge in [0.1, 0.15) is 31.9 Å². The molecule has 7 rings (SSSR count). The number of aromatic nitrogens is 4. The third kappa shape index (κ3) is 13.0. The number of hydrogen-bond acceptors (Lipinski definition) is 8. The van der Waals surface area contributed by atoms with E-state index in [0.717, 1.165) is 49.5 Å². The van der Waals surface area contributed by atoms with Crippen molar-refractivity contribution in [3.63, 3.8) is 0 Å². The van der Waals surface area contributed by atoms with Gasteiger partial charge in [0.15, 0.2) is 0 Å². The molecule has 66 heavy (non-hydrogen) atoms. The van der Waals surface area contributed by atoms with Crippen LogP contribution in [0.4, 0.5) is 13.2 Å². The second kappa shape index (κ2) is 24.6. The van der Waals surface area contributed by atoms with Gasteiger partial charge in [-0.15, -0.1) is 10.2 Å². The summed E-state index contributed by atoms with van der Waals surface area (Å²) in [7, 11) is 5.86. The summed E-state index contributed by atoms with van der Waals surface area (Å²) in [5.41, 5.74) is 6.01. The van der Waals surface area contributed by atoms with Crippen LogP contribution < -0.4 is 5.46 Å². The molecule has 0 aliphatic heterocycles. The molecule has 1 N–H and O–H groups in total. The second-order valence-corrected chi connectivity index (χ2v) is 19.6. The first-order chi connectivity index (χ1) is 30.7. The maximum atomic E-state index is 12.4. The monoisotopic (exact) mass is 917 g/mol. The van der Waals surface area contributed by atoms with Crippen molar-refractivity contribution in [3.05, 3.63) is 83.0 Å². The Kier molecular flexibility index (Phi) is 21.6. The minimum Gasteiger partial charge on any atom is -0.505 e. The van der Waals surface area contributed by atoms with E-state index in [1.807, 2.05) is 33.8 Å². The number of aldehydes is 2. The smallest absolute Gasteiger partial charge is 0.417 e. The second-order valence-electron chi connectivity index (χ2n) is 19.6. The van der Waals surface area contributed by atoms with Crippen LogP contribution in [0.3, 0.4) is 0 Å². The van der Waals surface area contributed by atoms with Crippen LogP contribution in [0.2, 0.25) is 0 Å². The van der Waals surface area contributed by atoms with Crippen LogP contribution in [0.1, 0.15) is 178 Å². The molecule has 7 atom stereocenters. The Morgan fingerprint density at radius 3 is 2.17 bits per heavy atom. The van der Waals surface area contributed by atoms with Gasteiger partial charge < -0.3 is 19.1 Å². The van der Waals surface area contributed by atoms with Gasteiger partial charge >= 0.3 is 6.18 Å². The summed E-state index contributed by atoms with van der Waals surface area (Å²) in [4.78, 5) is 30.7. The summed E-state index contributed by atoms with van der Waals surface area (Å²) >= 11 is 0. The van der Waals surface area contributed by atoms with Gasteiger partial charge in [0.25, 0.3) is 5.89 Å². The number of fused-ring (bicyclic) bond motifs is 5. The third-order valence-electron chi connectivity index (χ3n) is 14.9. The van der Waals surface area contributed by atoms with Gasteiger partial charge in [-0.3, -0.25) is 9.97 Å². The van der Waals surface area contributed by atoms with Gasteiger partial charge in [-0.1, -0.05) is 124 Å². The van der Waals surface area contributed by atoms with Crippen molar-refractivity contribution in [2.75, 3.05) is 0 Å². The molecule has 364 valence electrons. The highest BCUT2D eigenvalue weighted by molar-refractivity contribution is 6.32. The van der Waals surface area contributed by atoms with Crippen molar-refractivity contribution in [1.82, 2.24) is 20.2 Å². The number of pyridine rings is 2. The largest absolute Gasteiger partial charge is 0.505 e. The van der Waals surface area contributed by atoms with Crippen LogP contribution in [0.5, 0.6) is 0 Å². The molecule has 0 amide bonds. The number of nitrogens with zero attached hydrogens (tertiary/aromatic N) is 4. The molecule has 0 saturated heterocycles. The summed E-state index contributed by atoms with van der Waals surface area (Å²) in [5, 5.41) is 18.0. The summed E-state index contributed by atoms with van der Waals surface area (Å²) in [6, 6.07) is 5.97. The average molecular weight is 917 g/mol. The van der Waals surface area contributed by atoms with E-state index < -0.39 is 22.6 Å². The minimum atomic E-state index is -4.28. The number of halogens is 3. The molecule has 0 spiro atoms. The van der Waals surface area contributed by atoms with Crippen LogP contribution in [0, 0.1) is 52.8 Å². The van der Waals surface area contributed by atoms with E-state index in [0.29, 0.717) is 70.1 Å². The fourth-order valence-corrected chi connectivity index (χ4v) is 11.5. The Morgan fingerprint density at radius 1 is 0.939 bits per heavy atom. The fourth-order valence-electron chi connectivity index (χ4n) is 11.5. The minimum absolute atomic E-state index is 0. The highest BCUT2D eigenvalue weighted by Gasteiger charge is 2.63. The first-order valence-electron chi connectivity index (χ1n) is 23.9. The van der Waals surface area contributed by atoms with Crippen molar-refractivity contribution in [2.24, 2.45) is 45.8 Å². The summed E-state index contributed by atoms with van der Waals surface area (Å²) in [6.07, 6.45) is 13.6. The Balaban J connectivity index is 0.000000474. The van der Waals surface area contributed by atoms with Gasteiger partial charge in [0.2, 0.25) is 5.89 Å². The maximum absolute atomic E-state index is 12.4. The Morgan fingerprint density at radius 2 is 1.62 bits per heavy atom. The first kappa shape index (κ1) is 57.8. The van der Waals surface area contributed by atoms with E-state index in [1.165, 1.54) is 68.6 Å². The van der Waals surface area contributed by atoms with Crippen LogP contribution >= 0.6 is 0 Å². The van der Waals surface area contributed by atoms with Crippen molar-refractivity contribution < 1.29 is 32.3 Å². The molecule has 8 nitrogen and oxygen atoms in total. The summed E-state index contributed by atoms with van der Waals surface area (Å²) in [6.45, 7) is 28.6. The molecule has 4 saturated carbocycles. The number of aliphatic hydroxyl groups is 1. The topological polar surface area (TPSA) is 119 Å². The normalized spacial score (nSPS) is 27.2. The molecule has 12 heteroatoms. The predicted octanol–water partition coefficient (Wildman–Crippen LogP) is 14.1. The predicted molar refractivity (Wildman–Crippen MR) is 262 cm³/mol. The highest BCUT2D eigenvalue weighted by atomic mass is 19.4. The van der Waals surface area contributed by atoms with Crippen LogP contribution in [-0.4, -0.2) is 45.7 Å². The van der Waals surface area contributed by atoms with Crippen LogP contribution in [0.15, 0.2) is 70.3 Å². The zero-order valence-corrected chi connectivity index (χ0v) is 41.4. The standard InChI is InChI=1S/C34H46BN3O2.C8H12O2.C7H6F3N.2C2H6.CH4/c1-21(2)22(3)29-25-10-12-28-32(4)15-7-6-8-23(32)13-16-33(28,5)26(25)14-17-34(29,18-19-39)31-38-37-30(40-31)27-11-9-24(35)20-36-27;1-4-7(10)5-8(2,3)6-9;1-5-2-3-6(4-11-5)7(8,9)10;2*1-2;/h9,11,19-21,23,25-26,28H,6-8,10,12-18H2,1-5H3;6,10H,1,5H2,2-3H3;2-4H,1H3;2*1-2H3;1H4/b29-22+;;;;;. The molecule has 4 fully saturated rings. The van der Waals surface area contributed by atoms with Crippen molar-refractivity contribution >= 4 is 25.9 Å². The molecule has 3 aromatic heterocycles. The Labute approximate surface area is 396 Å². The number of allylic oxidation sites excluding steroid dienone is 3. The number of carbonyl (C=O) groups is 2. The van der Waals surface area contributed by atoms with Gasteiger partial charge in [-0.25, -0.2) is 0 Å². The molecule has 3 aromatic rings. The zero-order chi connectivity index (χ0) is 49.0. The van der Waals surface area contributed by atoms with Crippen molar-refractivity contribution in [2.45, 2.75) is 179 Å². The highest BCUT2D eigenvalue weighted by Crippen LogP contribution is 2.70. The van der Waals surface area contributed by atoms with E-state index in [9.17, 15) is 22.8 Å². The first-order valence-corrected chi connectivity index (χ1v) is 23.9. The Bertz CT molecular complexity index is 2070. The van der Waals surface area contributed by atoms with Crippen molar-refractivity contribution in [3.8, 4) is 11.6 Å². The van der Waals surface area contributed by atoms with Crippen molar-refractivity contribution in [1.29, 1.82) is 0 Å². The molecule has 3 heterocycles. The van der Waals surface area contributed by atoms with Crippen LogP contribution in [0.25, 0.3) is 11.6 Å². The number of aliphatic hydroxyl groups excluding tert-OH is 1. The van der Waals surface area contributed by atoms with Crippen LogP contribution in [-0.2, 0) is 21.2 Å². The zero-order valence-electron chi connectivity index (χ0n) is 41.4. The van der Waals surface area contributed by atoms with Gasteiger partial charge in [0, 0.05) is 36.3 Å². The SMILES string of the molecule is C.C=C=C(O)CC(C)(C)C=O.CC.CC.Cc1ccc(C(F)(F)F)cn1.[B]c1ccc(-c2nnc(C3(CC=O)CCC4C(CCC5C6(C)CCCCC6CCC45C)/C3=C(/C)C(C)C)o2)nc1. The lowest BCUT2D eigenvalue weighted by atomic mass is 9.38. The summed E-state index contributed by atoms with van der Waals surface area (Å²) < 4.78 is 42.1. The number of hydrogen-bond donors (Lipinski definition) is 1. The quantitative estimate of drug-likeness (QED) is 0.0780.